The van der Waals surface area contributed by atoms with Gasteiger partial charge in [0.25, 0.3) is 0 Å². The second-order valence-electron chi connectivity index (χ2n) is 6.61. The van der Waals surface area contributed by atoms with E-state index in [1.807, 2.05) is 0 Å². The molecular formula is C17H30N2O2. The summed E-state index contributed by atoms with van der Waals surface area (Å²) in [7, 11) is 2.19. The number of nitrogens with zero attached hydrogens (tertiary/aromatic N) is 1. The molecule has 0 aliphatic carbocycles. The van der Waals surface area contributed by atoms with Crippen molar-refractivity contribution in [3.05, 3.63) is 23.2 Å². The molecule has 0 amide bonds. The van der Waals surface area contributed by atoms with E-state index in [0.717, 1.165) is 44.4 Å². The van der Waals surface area contributed by atoms with Gasteiger partial charge in [0, 0.05) is 31.3 Å². The fraction of sp³-hybridized carbons (Fsp3) is 0.765. The van der Waals surface area contributed by atoms with Crippen LogP contribution in [-0.2, 0) is 17.8 Å². The van der Waals surface area contributed by atoms with Crippen LogP contribution in [0.3, 0.4) is 0 Å². The molecule has 1 saturated heterocycles. The van der Waals surface area contributed by atoms with Gasteiger partial charge in [0.2, 0.25) is 0 Å². The third kappa shape index (κ3) is 5.46. The van der Waals surface area contributed by atoms with Crippen LogP contribution in [-0.4, -0.2) is 37.7 Å². The Morgan fingerprint density at radius 3 is 2.90 bits per heavy atom. The maximum absolute atomic E-state index is 5.84. The lowest BCUT2D eigenvalue weighted by Crippen LogP contribution is -2.30. The van der Waals surface area contributed by atoms with Crippen LogP contribution in [0.25, 0.3) is 0 Å². The maximum Gasteiger partial charge on any atom is 0.118 e. The molecule has 2 heterocycles. The zero-order valence-corrected chi connectivity index (χ0v) is 13.9. The minimum atomic E-state index is 0.479. The van der Waals surface area contributed by atoms with Gasteiger partial charge in [0.15, 0.2) is 0 Å². The molecule has 0 radical (unpaired) electrons. The van der Waals surface area contributed by atoms with E-state index in [1.165, 1.54) is 18.4 Å². The number of aryl methyl sites for hydroxylation is 1. The maximum atomic E-state index is 5.84. The van der Waals surface area contributed by atoms with Crippen molar-refractivity contribution in [1.29, 1.82) is 0 Å². The first-order chi connectivity index (χ1) is 10.0. The van der Waals surface area contributed by atoms with Crippen LogP contribution in [0, 0.1) is 12.8 Å². The molecule has 4 heteroatoms. The van der Waals surface area contributed by atoms with E-state index in [9.17, 15) is 0 Å². The Hall–Kier alpha value is -0.840. The molecule has 0 bridgehead atoms. The van der Waals surface area contributed by atoms with Crippen LogP contribution in [0.1, 0.15) is 43.8 Å². The standard InChI is InChI=1S/C17H30N2O2/c1-13(2)18-9-17-8-16(14(3)21-17)11-19(4)10-15-6-5-7-20-12-15/h8,13,15,18H,5-7,9-12H2,1-4H3. The summed E-state index contributed by atoms with van der Waals surface area (Å²) in [5, 5.41) is 3.40. The lowest BCUT2D eigenvalue weighted by atomic mass is 10.0. The van der Waals surface area contributed by atoms with Crippen molar-refractivity contribution in [3.63, 3.8) is 0 Å². The molecule has 1 aromatic rings. The summed E-state index contributed by atoms with van der Waals surface area (Å²) in [4.78, 5) is 2.39. The average molecular weight is 294 g/mol. The molecule has 1 fully saturated rings. The normalized spacial score (nSPS) is 19.6. The van der Waals surface area contributed by atoms with Gasteiger partial charge in [-0.2, -0.15) is 0 Å². The fourth-order valence-corrected chi connectivity index (χ4v) is 2.88. The highest BCUT2D eigenvalue weighted by Gasteiger charge is 2.17. The number of hydrogen-bond acceptors (Lipinski definition) is 4. The Kier molecular flexibility index (Phi) is 6.27. The summed E-state index contributed by atoms with van der Waals surface area (Å²) < 4.78 is 11.4. The lowest BCUT2D eigenvalue weighted by molar-refractivity contribution is 0.0411. The topological polar surface area (TPSA) is 37.6 Å². The summed E-state index contributed by atoms with van der Waals surface area (Å²) in [5.74, 6) is 2.76. The molecule has 0 saturated carbocycles. The van der Waals surface area contributed by atoms with Gasteiger partial charge < -0.3 is 19.4 Å². The molecule has 4 nitrogen and oxygen atoms in total. The minimum Gasteiger partial charge on any atom is -0.465 e. The van der Waals surface area contributed by atoms with Crippen LogP contribution in [0.15, 0.2) is 10.5 Å². The first-order valence-corrected chi connectivity index (χ1v) is 8.12. The first kappa shape index (κ1) is 16.5. The molecule has 1 N–H and O–H groups in total. The quantitative estimate of drug-likeness (QED) is 0.839. The molecule has 1 aromatic heterocycles. The van der Waals surface area contributed by atoms with Gasteiger partial charge >= 0.3 is 0 Å². The van der Waals surface area contributed by atoms with Crippen molar-refractivity contribution in [1.82, 2.24) is 10.2 Å². The molecule has 1 aliphatic heterocycles. The van der Waals surface area contributed by atoms with E-state index in [4.69, 9.17) is 9.15 Å². The van der Waals surface area contributed by atoms with Crippen LogP contribution < -0.4 is 5.32 Å². The smallest absolute Gasteiger partial charge is 0.118 e. The Bertz CT molecular complexity index is 422. The van der Waals surface area contributed by atoms with E-state index >= 15 is 0 Å². The Morgan fingerprint density at radius 1 is 1.43 bits per heavy atom. The summed E-state index contributed by atoms with van der Waals surface area (Å²) in [6, 6.07) is 2.67. The molecular weight excluding hydrogens is 264 g/mol. The van der Waals surface area contributed by atoms with Crippen LogP contribution in [0.4, 0.5) is 0 Å². The molecule has 120 valence electrons. The largest absolute Gasteiger partial charge is 0.465 e. The number of hydrogen-bond donors (Lipinski definition) is 1. The minimum absolute atomic E-state index is 0.479. The Balaban J connectivity index is 1.83. The third-order valence-corrected chi connectivity index (χ3v) is 4.02. The van der Waals surface area contributed by atoms with Crippen molar-refractivity contribution < 1.29 is 9.15 Å². The number of nitrogens with one attached hydrogen (secondary N) is 1. The summed E-state index contributed by atoms with van der Waals surface area (Å²) in [6.07, 6.45) is 2.49. The second-order valence-corrected chi connectivity index (χ2v) is 6.61. The van der Waals surface area contributed by atoms with E-state index in [-0.39, 0.29) is 0 Å². The predicted molar refractivity (Wildman–Crippen MR) is 85.3 cm³/mol. The van der Waals surface area contributed by atoms with E-state index in [2.05, 4.69) is 44.1 Å². The van der Waals surface area contributed by atoms with E-state index < -0.39 is 0 Å². The van der Waals surface area contributed by atoms with Gasteiger partial charge in [-0.1, -0.05) is 13.8 Å². The van der Waals surface area contributed by atoms with Gasteiger partial charge in [0.1, 0.15) is 11.5 Å². The van der Waals surface area contributed by atoms with Crippen molar-refractivity contribution in [2.24, 2.45) is 5.92 Å². The number of rotatable bonds is 7. The fourth-order valence-electron chi connectivity index (χ4n) is 2.88. The molecule has 0 aromatic carbocycles. The molecule has 1 unspecified atom stereocenters. The van der Waals surface area contributed by atoms with Crippen LogP contribution in [0.2, 0.25) is 0 Å². The zero-order chi connectivity index (χ0) is 15.2. The molecule has 21 heavy (non-hydrogen) atoms. The van der Waals surface area contributed by atoms with Gasteiger partial charge in [-0.05, 0) is 38.8 Å². The molecule has 1 aliphatic rings. The Labute approximate surface area is 128 Å². The summed E-state index contributed by atoms with van der Waals surface area (Å²) in [5.41, 5.74) is 1.30. The van der Waals surface area contributed by atoms with Crippen LogP contribution >= 0.6 is 0 Å². The van der Waals surface area contributed by atoms with Crippen molar-refractivity contribution in [2.75, 3.05) is 26.8 Å². The number of ether oxygens (including phenoxy) is 1. The lowest BCUT2D eigenvalue weighted by Gasteiger charge is -2.26. The van der Waals surface area contributed by atoms with E-state index in [0.29, 0.717) is 12.0 Å². The van der Waals surface area contributed by atoms with Crippen LogP contribution in [0.5, 0.6) is 0 Å². The molecule has 2 rings (SSSR count). The predicted octanol–water partition coefficient (Wildman–Crippen LogP) is 2.94. The third-order valence-electron chi connectivity index (χ3n) is 4.02. The highest BCUT2D eigenvalue weighted by molar-refractivity contribution is 5.20. The zero-order valence-electron chi connectivity index (χ0n) is 13.9. The van der Waals surface area contributed by atoms with E-state index in [1.54, 1.807) is 0 Å². The average Bonchev–Trinajstić information content (AvgIpc) is 2.78. The SMILES string of the molecule is Cc1oc(CNC(C)C)cc1CN(C)CC1CCCOC1. The molecule has 1 atom stereocenters. The highest BCUT2D eigenvalue weighted by atomic mass is 16.5. The van der Waals surface area contributed by atoms with Crippen molar-refractivity contribution >= 4 is 0 Å². The Morgan fingerprint density at radius 2 is 2.24 bits per heavy atom. The summed E-state index contributed by atoms with van der Waals surface area (Å²) >= 11 is 0. The van der Waals surface area contributed by atoms with Gasteiger partial charge in [-0.25, -0.2) is 0 Å². The monoisotopic (exact) mass is 294 g/mol. The van der Waals surface area contributed by atoms with Gasteiger partial charge in [-0.15, -0.1) is 0 Å². The highest BCUT2D eigenvalue weighted by Crippen LogP contribution is 2.19. The van der Waals surface area contributed by atoms with Crippen molar-refractivity contribution in [2.45, 2.75) is 52.7 Å². The van der Waals surface area contributed by atoms with Gasteiger partial charge in [-0.3, -0.25) is 0 Å². The molecule has 0 spiro atoms. The second kappa shape index (κ2) is 7.97. The van der Waals surface area contributed by atoms with Crippen molar-refractivity contribution in [3.8, 4) is 0 Å². The summed E-state index contributed by atoms with van der Waals surface area (Å²) in [6.45, 7) is 11.1. The first-order valence-electron chi connectivity index (χ1n) is 8.12. The van der Waals surface area contributed by atoms with Gasteiger partial charge in [0.05, 0.1) is 13.2 Å². The number of furan rings is 1.